The highest BCUT2D eigenvalue weighted by atomic mass is 32.2. The van der Waals surface area contributed by atoms with Gasteiger partial charge in [-0.2, -0.15) is 16.8 Å². The van der Waals surface area contributed by atoms with Gasteiger partial charge in [-0.05, 0) is 107 Å². The molecule has 0 unspecified atom stereocenters. The van der Waals surface area contributed by atoms with Crippen LogP contribution in [-0.2, 0) is 25.7 Å². The maximum atomic E-state index is 13.1. The van der Waals surface area contributed by atoms with Crippen molar-refractivity contribution in [3.8, 4) is 22.6 Å². The van der Waals surface area contributed by atoms with Gasteiger partial charge in [-0.1, -0.05) is 97.1 Å². The van der Waals surface area contributed by atoms with E-state index in [0.717, 1.165) is 44.5 Å². The normalized spacial score (nSPS) is 13.4. The minimum absolute atomic E-state index is 0.0865. The molecule has 0 aliphatic heterocycles. The summed E-state index contributed by atoms with van der Waals surface area (Å²) in [6.45, 7) is 3.65. The molecule has 0 saturated heterocycles. The number of fused-ring (bicyclic) bond motifs is 3. The molecule has 8 heteroatoms. The third kappa shape index (κ3) is 5.39. The first-order valence-corrected chi connectivity index (χ1v) is 17.8. The highest BCUT2D eigenvalue weighted by molar-refractivity contribution is 7.87. The smallest absolute Gasteiger partial charge is 0.339 e. The van der Waals surface area contributed by atoms with E-state index >= 15 is 0 Å². The molecule has 6 aromatic rings. The lowest BCUT2D eigenvalue weighted by atomic mass is 9.68. The molecule has 0 aromatic heterocycles. The minimum atomic E-state index is -4.04. The van der Waals surface area contributed by atoms with Crippen LogP contribution in [0.2, 0.25) is 0 Å². The van der Waals surface area contributed by atoms with Gasteiger partial charge in [0, 0.05) is 0 Å². The van der Waals surface area contributed by atoms with Gasteiger partial charge in [-0.15, -0.1) is 0 Å². The molecular weight excluding hydrogens is 629 g/mol. The van der Waals surface area contributed by atoms with Crippen molar-refractivity contribution < 1.29 is 25.2 Å². The van der Waals surface area contributed by atoms with Crippen LogP contribution in [0.3, 0.4) is 0 Å². The summed E-state index contributed by atoms with van der Waals surface area (Å²) in [6, 6.07) is 43.8. The Balaban J connectivity index is 1.32. The lowest BCUT2D eigenvalue weighted by Gasteiger charge is -2.34. The van der Waals surface area contributed by atoms with Gasteiger partial charge in [0.25, 0.3) is 0 Å². The Morgan fingerprint density at radius 3 is 1.21 bits per heavy atom. The van der Waals surface area contributed by atoms with Crippen LogP contribution >= 0.6 is 0 Å². The van der Waals surface area contributed by atoms with Gasteiger partial charge in [0.05, 0.1) is 5.41 Å². The molecule has 0 fully saturated rings. The average Bonchev–Trinajstić information content (AvgIpc) is 3.36. The van der Waals surface area contributed by atoms with Crippen molar-refractivity contribution in [1.82, 2.24) is 0 Å². The Hall–Kier alpha value is -5.18. The average molecular weight is 659 g/mol. The third-order valence-electron chi connectivity index (χ3n) is 8.50. The van der Waals surface area contributed by atoms with Gasteiger partial charge in [0.2, 0.25) is 0 Å². The van der Waals surface area contributed by atoms with Crippen LogP contribution in [0.15, 0.2) is 155 Å². The van der Waals surface area contributed by atoms with E-state index in [0.29, 0.717) is 0 Å². The summed E-state index contributed by atoms with van der Waals surface area (Å²) >= 11 is 0. The fraction of sp³-hybridized carbons (Fsp3) is 0.0769. The zero-order chi connectivity index (χ0) is 32.8. The van der Waals surface area contributed by atoms with Gasteiger partial charge in [0.15, 0.2) is 0 Å². The van der Waals surface area contributed by atoms with E-state index in [1.807, 2.05) is 74.5 Å². The van der Waals surface area contributed by atoms with Gasteiger partial charge in [-0.25, -0.2) is 0 Å². The van der Waals surface area contributed by atoms with Gasteiger partial charge >= 0.3 is 20.2 Å². The Bertz CT molecular complexity index is 2180. The van der Waals surface area contributed by atoms with Crippen molar-refractivity contribution >= 4 is 20.2 Å². The van der Waals surface area contributed by atoms with E-state index in [4.69, 9.17) is 8.37 Å². The summed E-state index contributed by atoms with van der Waals surface area (Å²) in [5.74, 6) is 0.380. The first kappa shape index (κ1) is 30.5. The van der Waals surface area contributed by atoms with Gasteiger partial charge in [-0.3, -0.25) is 0 Å². The largest absolute Gasteiger partial charge is 0.379 e. The maximum absolute atomic E-state index is 13.1. The molecule has 0 atom stereocenters. The fourth-order valence-corrected chi connectivity index (χ4v) is 8.51. The predicted molar refractivity (Wildman–Crippen MR) is 182 cm³/mol. The first-order chi connectivity index (χ1) is 22.6. The minimum Gasteiger partial charge on any atom is -0.379 e. The topological polar surface area (TPSA) is 86.7 Å². The third-order valence-corrected chi connectivity index (χ3v) is 11.0. The quantitative estimate of drug-likeness (QED) is 0.153. The van der Waals surface area contributed by atoms with Crippen LogP contribution in [0.5, 0.6) is 11.5 Å². The van der Waals surface area contributed by atoms with E-state index in [9.17, 15) is 16.8 Å². The number of rotatable bonds is 8. The molecule has 6 nitrogen and oxygen atoms in total. The van der Waals surface area contributed by atoms with Crippen LogP contribution < -0.4 is 8.37 Å². The fourth-order valence-electron chi connectivity index (χ4n) is 6.44. The molecule has 234 valence electrons. The summed E-state index contributed by atoms with van der Waals surface area (Å²) in [5, 5.41) is 0. The highest BCUT2D eigenvalue weighted by Gasteiger charge is 2.46. The van der Waals surface area contributed by atoms with Gasteiger partial charge < -0.3 is 8.37 Å². The van der Waals surface area contributed by atoms with E-state index in [1.54, 1.807) is 48.5 Å². The molecule has 0 bridgehead atoms. The van der Waals surface area contributed by atoms with Crippen LogP contribution in [0.25, 0.3) is 11.1 Å². The van der Waals surface area contributed by atoms with Crippen molar-refractivity contribution in [2.75, 3.05) is 0 Å². The predicted octanol–water partition coefficient (Wildman–Crippen LogP) is 8.20. The summed E-state index contributed by atoms with van der Waals surface area (Å²) in [6.07, 6.45) is 0. The summed E-state index contributed by atoms with van der Waals surface area (Å²) < 4.78 is 63.4. The highest BCUT2D eigenvalue weighted by Crippen LogP contribution is 2.56. The number of benzene rings is 6. The van der Waals surface area contributed by atoms with Crippen LogP contribution in [0, 0.1) is 13.8 Å². The first-order valence-electron chi connectivity index (χ1n) is 15.0. The standard InChI is InChI=1S/C39H30O6S2/c1-27-9-7-11-33(25-27)46(40,41)44-31-21-17-29(18-22-31)39(37-15-5-3-13-35(37)36-14-4-6-16-38(36)39)30-19-23-32(24-20-30)45-47(42,43)34-12-8-10-28(2)26-34/h3-26H,1-2H3. The Kier molecular flexibility index (Phi) is 7.50. The molecule has 47 heavy (non-hydrogen) atoms. The van der Waals surface area contributed by atoms with Crippen LogP contribution in [-0.4, -0.2) is 16.8 Å². The molecule has 0 N–H and O–H groups in total. The Labute approximate surface area is 275 Å². The molecular formula is C39H30O6S2. The second-order valence-corrected chi connectivity index (χ2v) is 14.7. The molecule has 1 aliphatic rings. The zero-order valence-corrected chi connectivity index (χ0v) is 27.3. The van der Waals surface area contributed by atoms with Crippen molar-refractivity contribution in [3.05, 3.63) is 179 Å². The second kappa shape index (κ2) is 11.6. The molecule has 1 aliphatic carbocycles. The number of aryl methyl sites for hydroxylation is 2. The maximum Gasteiger partial charge on any atom is 0.339 e. The molecule has 6 aromatic carbocycles. The molecule has 7 rings (SSSR count). The number of hydrogen-bond acceptors (Lipinski definition) is 6. The molecule has 0 radical (unpaired) electrons. The summed E-state index contributed by atoms with van der Waals surface area (Å²) in [5.41, 5.74) is 6.85. The van der Waals surface area contributed by atoms with E-state index < -0.39 is 25.7 Å². The van der Waals surface area contributed by atoms with Crippen molar-refractivity contribution in [3.63, 3.8) is 0 Å². The van der Waals surface area contributed by atoms with E-state index in [2.05, 4.69) is 24.3 Å². The monoisotopic (exact) mass is 658 g/mol. The lowest BCUT2D eigenvalue weighted by Crippen LogP contribution is -2.28. The lowest BCUT2D eigenvalue weighted by molar-refractivity contribution is 0.484. The molecule has 0 heterocycles. The van der Waals surface area contributed by atoms with Crippen LogP contribution in [0.4, 0.5) is 0 Å². The van der Waals surface area contributed by atoms with E-state index in [-0.39, 0.29) is 21.3 Å². The molecule has 0 amide bonds. The molecule has 0 saturated carbocycles. The van der Waals surface area contributed by atoms with Crippen molar-refractivity contribution in [2.45, 2.75) is 29.1 Å². The zero-order valence-electron chi connectivity index (χ0n) is 25.6. The number of hydrogen-bond donors (Lipinski definition) is 0. The van der Waals surface area contributed by atoms with Gasteiger partial charge in [0.1, 0.15) is 21.3 Å². The van der Waals surface area contributed by atoms with Crippen LogP contribution in [0.1, 0.15) is 33.4 Å². The summed E-state index contributed by atoms with van der Waals surface area (Å²) in [7, 11) is -8.08. The van der Waals surface area contributed by atoms with E-state index in [1.165, 1.54) is 12.1 Å². The van der Waals surface area contributed by atoms with Crippen molar-refractivity contribution in [2.24, 2.45) is 0 Å². The summed E-state index contributed by atoms with van der Waals surface area (Å²) in [4.78, 5) is 0.173. The van der Waals surface area contributed by atoms with Crippen molar-refractivity contribution in [1.29, 1.82) is 0 Å². The Morgan fingerprint density at radius 1 is 0.447 bits per heavy atom. The SMILES string of the molecule is Cc1cccc(S(=O)(=O)Oc2ccc(C3(c4ccc(OS(=O)(=O)c5cccc(C)c5)cc4)c4ccccc4-c4ccccc43)cc2)c1. The molecule has 0 spiro atoms. The Morgan fingerprint density at radius 2 is 0.830 bits per heavy atom. The second-order valence-electron chi connectivity index (χ2n) is 11.6.